The number of hydrogen-bond donors (Lipinski definition) is 2. The summed E-state index contributed by atoms with van der Waals surface area (Å²) >= 11 is 12.0. The van der Waals surface area contributed by atoms with E-state index in [0.717, 1.165) is 19.3 Å². The number of rotatable bonds is 5. The molecule has 24 heavy (non-hydrogen) atoms. The van der Waals surface area contributed by atoms with Gasteiger partial charge in [0.2, 0.25) is 5.91 Å². The molecule has 2 fully saturated rings. The molecule has 2 amide bonds. The summed E-state index contributed by atoms with van der Waals surface area (Å²) in [7, 11) is 0. The van der Waals surface area contributed by atoms with Crippen LogP contribution in [0, 0.1) is 5.92 Å². The van der Waals surface area contributed by atoms with Gasteiger partial charge in [-0.2, -0.15) is 0 Å². The Hall–Kier alpha value is -1.30. The molecular formula is C17H21Cl2N3O2. The minimum atomic E-state index is -0.456. The van der Waals surface area contributed by atoms with E-state index in [1.807, 2.05) is 0 Å². The molecule has 1 saturated carbocycles. The summed E-state index contributed by atoms with van der Waals surface area (Å²) < 4.78 is 0. The van der Waals surface area contributed by atoms with Crippen LogP contribution in [0.1, 0.15) is 36.0 Å². The van der Waals surface area contributed by atoms with Gasteiger partial charge in [-0.05, 0) is 49.8 Å². The van der Waals surface area contributed by atoms with Gasteiger partial charge < -0.3 is 16.0 Å². The molecule has 2 atom stereocenters. The highest BCUT2D eigenvalue weighted by molar-refractivity contribution is 6.35. The van der Waals surface area contributed by atoms with Crippen molar-refractivity contribution in [1.82, 2.24) is 10.2 Å². The lowest BCUT2D eigenvalue weighted by atomic mass is 10.1. The highest BCUT2D eigenvalue weighted by atomic mass is 35.5. The number of amides is 2. The summed E-state index contributed by atoms with van der Waals surface area (Å²) in [4.78, 5) is 27.0. The summed E-state index contributed by atoms with van der Waals surface area (Å²) in [6.45, 7) is 0.985. The summed E-state index contributed by atoms with van der Waals surface area (Å²) in [5.74, 6) is 0.153. The van der Waals surface area contributed by atoms with E-state index in [9.17, 15) is 9.59 Å². The molecule has 1 aromatic carbocycles. The van der Waals surface area contributed by atoms with Gasteiger partial charge in [0.05, 0.1) is 0 Å². The Balaban J connectivity index is 1.72. The molecule has 2 aliphatic rings. The lowest BCUT2D eigenvalue weighted by molar-refractivity contribution is -0.125. The molecule has 1 aromatic rings. The Bertz CT molecular complexity index is 628. The number of nitrogens with one attached hydrogen (secondary N) is 1. The number of halogens is 2. The second kappa shape index (κ2) is 7.30. The molecule has 5 nitrogen and oxygen atoms in total. The molecule has 2 unspecified atom stereocenters. The maximum Gasteiger partial charge on any atom is 0.254 e. The summed E-state index contributed by atoms with van der Waals surface area (Å²) in [5.41, 5.74) is 6.16. The second-order valence-corrected chi connectivity index (χ2v) is 7.38. The predicted molar refractivity (Wildman–Crippen MR) is 94.2 cm³/mol. The van der Waals surface area contributed by atoms with Crippen molar-refractivity contribution in [3.05, 3.63) is 33.8 Å². The first-order valence-corrected chi connectivity index (χ1v) is 9.02. The molecule has 0 bridgehead atoms. The standard InChI is InChI=1S/C17H21Cl2N3O2/c18-12-6-11(7-13(19)8-12)17(24)22-5-1-2-15(22)16(23)21-14(9-20)10-3-4-10/h6-8,10,14-15H,1-5,9,20H2,(H,21,23). The number of carbonyl (C=O) groups is 2. The van der Waals surface area contributed by atoms with Gasteiger partial charge in [0.15, 0.2) is 0 Å². The topological polar surface area (TPSA) is 75.4 Å². The van der Waals surface area contributed by atoms with Gasteiger partial charge in [0.1, 0.15) is 6.04 Å². The third kappa shape index (κ3) is 3.85. The first-order chi connectivity index (χ1) is 11.5. The fourth-order valence-electron chi connectivity index (χ4n) is 3.27. The number of nitrogens with two attached hydrogens (primary N) is 1. The zero-order chi connectivity index (χ0) is 17.3. The van der Waals surface area contributed by atoms with E-state index in [1.165, 1.54) is 0 Å². The third-order valence-electron chi connectivity index (χ3n) is 4.70. The minimum absolute atomic E-state index is 0.00988. The zero-order valence-corrected chi connectivity index (χ0v) is 14.8. The van der Waals surface area contributed by atoms with E-state index in [-0.39, 0.29) is 17.9 Å². The van der Waals surface area contributed by atoms with Crippen molar-refractivity contribution >= 4 is 35.0 Å². The van der Waals surface area contributed by atoms with Crippen molar-refractivity contribution in [1.29, 1.82) is 0 Å². The molecular weight excluding hydrogens is 349 g/mol. The lowest BCUT2D eigenvalue weighted by Crippen LogP contribution is -2.51. The summed E-state index contributed by atoms with van der Waals surface area (Å²) in [6, 6.07) is 4.29. The number of likely N-dealkylation sites (tertiary alicyclic amines) is 1. The van der Waals surface area contributed by atoms with Crippen LogP contribution in [-0.2, 0) is 4.79 Å². The molecule has 1 aliphatic carbocycles. The minimum Gasteiger partial charge on any atom is -0.350 e. The molecule has 0 spiro atoms. The first kappa shape index (κ1) is 17.5. The molecule has 1 aliphatic heterocycles. The SMILES string of the molecule is NCC(NC(=O)C1CCCN1C(=O)c1cc(Cl)cc(Cl)c1)C1CC1. The highest BCUT2D eigenvalue weighted by Gasteiger charge is 2.38. The second-order valence-electron chi connectivity index (χ2n) is 6.50. The van der Waals surface area contributed by atoms with Crippen molar-refractivity contribution in [3.63, 3.8) is 0 Å². The van der Waals surface area contributed by atoms with Crippen LogP contribution in [0.15, 0.2) is 18.2 Å². The van der Waals surface area contributed by atoms with Gasteiger partial charge in [0.25, 0.3) is 5.91 Å². The van der Waals surface area contributed by atoms with Crippen molar-refractivity contribution in [2.75, 3.05) is 13.1 Å². The Morgan fingerprint density at radius 1 is 1.21 bits per heavy atom. The van der Waals surface area contributed by atoms with Gasteiger partial charge in [-0.25, -0.2) is 0 Å². The Morgan fingerprint density at radius 2 is 1.88 bits per heavy atom. The average molecular weight is 370 g/mol. The van der Waals surface area contributed by atoms with Gasteiger partial charge in [0, 0.05) is 34.7 Å². The smallest absolute Gasteiger partial charge is 0.254 e. The van der Waals surface area contributed by atoms with E-state index in [2.05, 4.69) is 5.32 Å². The van der Waals surface area contributed by atoms with E-state index in [4.69, 9.17) is 28.9 Å². The lowest BCUT2D eigenvalue weighted by Gasteiger charge is -2.26. The number of nitrogens with zero attached hydrogens (tertiary/aromatic N) is 1. The van der Waals surface area contributed by atoms with E-state index >= 15 is 0 Å². The zero-order valence-electron chi connectivity index (χ0n) is 13.3. The average Bonchev–Trinajstić information content (AvgIpc) is 3.26. The van der Waals surface area contributed by atoms with Crippen LogP contribution in [0.5, 0.6) is 0 Å². The van der Waals surface area contributed by atoms with Crippen LogP contribution in [0.25, 0.3) is 0 Å². The molecule has 1 heterocycles. The summed E-state index contributed by atoms with van der Waals surface area (Å²) in [5, 5.41) is 3.83. The molecule has 7 heteroatoms. The number of carbonyl (C=O) groups excluding carboxylic acids is 2. The van der Waals surface area contributed by atoms with Crippen molar-refractivity contribution in [3.8, 4) is 0 Å². The van der Waals surface area contributed by atoms with Crippen LogP contribution >= 0.6 is 23.2 Å². The molecule has 0 aromatic heterocycles. The Kier molecular flexibility index (Phi) is 5.33. The van der Waals surface area contributed by atoms with Crippen LogP contribution in [0.4, 0.5) is 0 Å². The van der Waals surface area contributed by atoms with Crippen molar-refractivity contribution < 1.29 is 9.59 Å². The van der Waals surface area contributed by atoms with Crippen LogP contribution < -0.4 is 11.1 Å². The van der Waals surface area contributed by atoms with Gasteiger partial charge in [-0.1, -0.05) is 23.2 Å². The molecule has 130 valence electrons. The van der Waals surface area contributed by atoms with Gasteiger partial charge in [-0.3, -0.25) is 9.59 Å². The maximum absolute atomic E-state index is 12.8. The van der Waals surface area contributed by atoms with E-state index in [0.29, 0.717) is 41.0 Å². The first-order valence-electron chi connectivity index (χ1n) is 8.27. The van der Waals surface area contributed by atoms with Gasteiger partial charge in [-0.15, -0.1) is 0 Å². The normalized spacial score (nSPS) is 21.6. The van der Waals surface area contributed by atoms with E-state index < -0.39 is 6.04 Å². The molecule has 3 rings (SSSR count). The predicted octanol–water partition coefficient (Wildman–Crippen LogP) is 2.45. The molecule has 0 radical (unpaired) electrons. The monoisotopic (exact) mass is 369 g/mol. The van der Waals surface area contributed by atoms with Crippen LogP contribution in [0.2, 0.25) is 10.0 Å². The third-order valence-corrected chi connectivity index (χ3v) is 5.13. The Morgan fingerprint density at radius 3 is 2.46 bits per heavy atom. The van der Waals surface area contributed by atoms with Crippen LogP contribution in [0.3, 0.4) is 0 Å². The van der Waals surface area contributed by atoms with Crippen LogP contribution in [-0.4, -0.2) is 41.9 Å². The maximum atomic E-state index is 12.8. The summed E-state index contributed by atoms with van der Waals surface area (Å²) in [6.07, 6.45) is 3.68. The fraction of sp³-hybridized carbons (Fsp3) is 0.529. The quantitative estimate of drug-likeness (QED) is 0.836. The van der Waals surface area contributed by atoms with Gasteiger partial charge >= 0.3 is 0 Å². The van der Waals surface area contributed by atoms with Crippen molar-refractivity contribution in [2.24, 2.45) is 11.7 Å². The fourth-order valence-corrected chi connectivity index (χ4v) is 3.80. The van der Waals surface area contributed by atoms with Crippen molar-refractivity contribution in [2.45, 2.75) is 37.8 Å². The highest BCUT2D eigenvalue weighted by Crippen LogP contribution is 2.32. The number of hydrogen-bond acceptors (Lipinski definition) is 3. The molecule has 1 saturated heterocycles. The van der Waals surface area contributed by atoms with E-state index in [1.54, 1.807) is 23.1 Å². The Labute approximate surface area is 151 Å². The number of benzene rings is 1. The largest absolute Gasteiger partial charge is 0.350 e. The molecule has 3 N–H and O–H groups in total.